The van der Waals surface area contributed by atoms with Gasteiger partial charge in [-0.25, -0.2) is 0 Å². The van der Waals surface area contributed by atoms with Crippen molar-refractivity contribution in [2.75, 3.05) is 0 Å². The van der Waals surface area contributed by atoms with Gasteiger partial charge in [0.25, 0.3) is 0 Å². The third-order valence-electron chi connectivity index (χ3n) is 3.44. The molecule has 0 bridgehead atoms. The zero-order chi connectivity index (χ0) is 16.1. The van der Waals surface area contributed by atoms with Crippen molar-refractivity contribution < 1.29 is 9.53 Å². The van der Waals surface area contributed by atoms with Crippen LogP contribution in [0.2, 0.25) is 15.1 Å². The highest BCUT2D eigenvalue weighted by Gasteiger charge is 2.14. The third kappa shape index (κ3) is 4.31. The zero-order valence-electron chi connectivity index (χ0n) is 12.3. The lowest BCUT2D eigenvalue weighted by atomic mass is 10.1. The van der Waals surface area contributed by atoms with Gasteiger partial charge in [-0.05, 0) is 12.5 Å². The number of carbonyl (C=O) groups is 1. The average molecular weight is 363 g/mol. The fourth-order valence-electron chi connectivity index (χ4n) is 2.26. The van der Waals surface area contributed by atoms with Crippen LogP contribution in [0, 0.1) is 0 Å². The van der Waals surface area contributed by atoms with Gasteiger partial charge in [0.2, 0.25) is 5.88 Å². The summed E-state index contributed by atoms with van der Waals surface area (Å²) < 4.78 is 5.30. The molecule has 0 aliphatic heterocycles. The van der Waals surface area contributed by atoms with Crippen molar-refractivity contribution in [1.82, 2.24) is 4.98 Å². The van der Waals surface area contributed by atoms with Gasteiger partial charge in [0.1, 0.15) is 0 Å². The molecule has 0 radical (unpaired) electrons. The van der Waals surface area contributed by atoms with Crippen LogP contribution in [0.5, 0.6) is 5.88 Å². The van der Waals surface area contributed by atoms with Crippen LogP contribution >= 0.6 is 34.8 Å². The van der Waals surface area contributed by atoms with E-state index in [1.54, 1.807) is 12.1 Å². The second kappa shape index (κ2) is 8.09. The molecule has 0 atom stereocenters. The fraction of sp³-hybridized carbons (Fsp3) is 0.438. The molecule has 120 valence electrons. The first kappa shape index (κ1) is 17.5. The lowest BCUT2D eigenvalue weighted by Crippen LogP contribution is -2.07. The number of unbranched alkanes of at least 4 members (excludes halogenated alkanes) is 4. The summed E-state index contributed by atoms with van der Waals surface area (Å²) in [5, 5.41) is 1.86. The van der Waals surface area contributed by atoms with Gasteiger partial charge in [0, 0.05) is 17.9 Å². The number of ether oxygens (including phenoxy) is 1. The Morgan fingerprint density at radius 3 is 2.55 bits per heavy atom. The summed E-state index contributed by atoms with van der Waals surface area (Å²) in [6.07, 6.45) is 5.83. The Labute approximate surface area is 144 Å². The molecule has 0 aliphatic rings. The topological polar surface area (TPSA) is 42.1 Å². The van der Waals surface area contributed by atoms with E-state index in [0.717, 1.165) is 19.3 Å². The van der Waals surface area contributed by atoms with Crippen LogP contribution in [-0.2, 0) is 4.79 Å². The predicted octanol–water partition coefficient (Wildman–Crippen LogP) is 6.39. The molecule has 1 N–H and O–H groups in total. The number of rotatable bonds is 7. The van der Waals surface area contributed by atoms with Crippen molar-refractivity contribution >= 4 is 51.7 Å². The number of nitrogens with one attached hydrogen (secondary N) is 1. The van der Waals surface area contributed by atoms with E-state index in [4.69, 9.17) is 39.5 Å². The van der Waals surface area contributed by atoms with Gasteiger partial charge in [-0.2, -0.15) is 0 Å². The molecular formula is C16H18Cl3NO2. The van der Waals surface area contributed by atoms with Gasteiger partial charge < -0.3 is 9.72 Å². The lowest BCUT2D eigenvalue weighted by Gasteiger charge is -2.02. The smallest absolute Gasteiger partial charge is 0.312 e. The maximum Gasteiger partial charge on any atom is 0.312 e. The molecule has 0 amide bonds. The summed E-state index contributed by atoms with van der Waals surface area (Å²) >= 11 is 18.2. The molecule has 0 aliphatic carbocycles. The first-order valence-electron chi connectivity index (χ1n) is 7.39. The van der Waals surface area contributed by atoms with Crippen molar-refractivity contribution in [1.29, 1.82) is 0 Å². The molecule has 0 spiro atoms. The molecule has 0 unspecified atom stereocenters. The summed E-state index contributed by atoms with van der Waals surface area (Å²) in [5.41, 5.74) is 0.574. The standard InChI is InChI=1S/C16H18Cl3NO2/c1-2-3-4-5-6-7-14(21)22-13-8-10-11(17)9-12(18)15(19)16(10)20-13/h8-9,20H,2-7H2,1H3. The largest absolute Gasteiger partial charge is 0.409 e. The number of aromatic amines is 1. The minimum absolute atomic E-state index is 0.263. The van der Waals surface area contributed by atoms with Gasteiger partial charge in [0.15, 0.2) is 0 Å². The molecule has 1 aromatic heterocycles. The molecular weight excluding hydrogens is 345 g/mol. The van der Waals surface area contributed by atoms with E-state index in [2.05, 4.69) is 11.9 Å². The Balaban J connectivity index is 1.99. The van der Waals surface area contributed by atoms with E-state index in [0.29, 0.717) is 38.3 Å². The first-order chi connectivity index (χ1) is 10.5. The SMILES string of the molecule is CCCCCCCC(=O)Oc1cc2c(Cl)cc(Cl)c(Cl)c2[nH]1. The number of hydrogen-bond acceptors (Lipinski definition) is 2. The molecule has 1 aromatic carbocycles. The Kier molecular flexibility index (Phi) is 6.42. The summed E-state index contributed by atoms with van der Waals surface area (Å²) in [6.45, 7) is 2.16. The highest BCUT2D eigenvalue weighted by atomic mass is 35.5. The molecule has 6 heteroatoms. The molecule has 3 nitrogen and oxygen atoms in total. The van der Waals surface area contributed by atoms with E-state index >= 15 is 0 Å². The molecule has 0 saturated carbocycles. The summed E-state index contributed by atoms with van der Waals surface area (Å²) in [5.74, 6) is 0.0704. The van der Waals surface area contributed by atoms with Crippen LogP contribution in [0.25, 0.3) is 10.9 Å². The Morgan fingerprint density at radius 1 is 1.09 bits per heavy atom. The number of esters is 1. The van der Waals surface area contributed by atoms with Crippen molar-refractivity contribution in [3.8, 4) is 5.88 Å². The van der Waals surface area contributed by atoms with Crippen LogP contribution in [0.15, 0.2) is 12.1 Å². The van der Waals surface area contributed by atoms with Crippen LogP contribution < -0.4 is 4.74 Å². The quantitative estimate of drug-likeness (QED) is 0.352. The van der Waals surface area contributed by atoms with Crippen molar-refractivity contribution in [3.63, 3.8) is 0 Å². The number of benzene rings is 1. The number of H-pyrrole nitrogens is 1. The fourth-order valence-corrected chi connectivity index (χ4v) is 2.99. The second-order valence-corrected chi connectivity index (χ2v) is 6.41. The van der Waals surface area contributed by atoms with Crippen molar-refractivity contribution in [3.05, 3.63) is 27.2 Å². The predicted molar refractivity (Wildman–Crippen MR) is 92.3 cm³/mol. The van der Waals surface area contributed by atoms with Gasteiger partial charge in [-0.1, -0.05) is 67.4 Å². The summed E-state index contributed by atoms with van der Waals surface area (Å²) in [4.78, 5) is 14.8. The summed E-state index contributed by atoms with van der Waals surface area (Å²) in [7, 11) is 0. The number of hydrogen-bond donors (Lipinski definition) is 1. The van der Waals surface area contributed by atoms with E-state index in [1.807, 2.05) is 0 Å². The van der Waals surface area contributed by atoms with Crippen molar-refractivity contribution in [2.45, 2.75) is 45.4 Å². The second-order valence-electron chi connectivity index (χ2n) is 5.21. The number of fused-ring (bicyclic) bond motifs is 1. The van der Waals surface area contributed by atoms with Crippen LogP contribution in [0.1, 0.15) is 45.4 Å². The van der Waals surface area contributed by atoms with Gasteiger partial charge >= 0.3 is 5.97 Å². The van der Waals surface area contributed by atoms with E-state index in [1.165, 1.54) is 12.8 Å². The Morgan fingerprint density at radius 2 is 1.82 bits per heavy atom. The van der Waals surface area contributed by atoms with E-state index in [9.17, 15) is 4.79 Å². The van der Waals surface area contributed by atoms with Gasteiger partial charge in [-0.15, -0.1) is 0 Å². The highest BCUT2D eigenvalue weighted by molar-refractivity contribution is 6.47. The third-order valence-corrected chi connectivity index (χ3v) is 4.54. The minimum atomic E-state index is -0.263. The van der Waals surface area contributed by atoms with E-state index in [-0.39, 0.29) is 5.97 Å². The highest BCUT2D eigenvalue weighted by Crippen LogP contribution is 2.37. The monoisotopic (exact) mass is 361 g/mol. The zero-order valence-corrected chi connectivity index (χ0v) is 14.6. The van der Waals surface area contributed by atoms with Gasteiger partial charge in [0.05, 0.1) is 20.6 Å². The number of halogens is 3. The minimum Gasteiger partial charge on any atom is -0.409 e. The first-order valence-corrected chi connectivity index (χ1v) is 8.53. The lowest BCUT2D eigenvalue weighted by molar-refractivity contribution is -0.134. The van der Waals surface area contributed by atoms with E-state index < -0.39 is 0 Å². The Hall–Kier alpha value is -0.900. The van der Waals surface area contributed by atoms with Crippen LogP contribution in [-0.4, -0.2) is 11.0 Å². The number of aromatic nitrogens is 1. The Bertz CT molecular complexity index is 667. The van der Waals surface area contributed by atoms with Crippen LogP contribution in [0.4, 0.5) is 0 Å². The summed E-state index contributed by atoms with van der Waals surface area (Å²) in [6, 6.07) is 3.23. The molecule has 1 heterocycles. The normalized spacial score (nSPS) is 11.1. The van der Waals surface area contributed by atoms with Gasteiger partial charge in [-0.3, -0.25) is 4.79 Å². The number of carbonyl (C=O) groups excluding carboxylic acids is 1. The van der Waals surface area contributed by atoms with Crippen LogP contribution in [0.3, 0.4) is 0 Å². The molecule has 2 rings (SSSR count). The average Bonchev–Trinajstić information content (AvgIpc) is 2.89. The van der Waals surface area contributed by atoms with Crippen molar-refractivity contribution in [2.24, 2.45) is 0 Å². The maximum absolute atomic E-state index is 11.8. The molecule has 2 aromatic rings. The molecule has 0 fully saturated rings. The molecule has 0 saturated heterocycles. The molecule has 22 heavy (non-hydrogen) atoms. The maximum atomic E-state index is 11.8.